The van der Waals surface area contributed by atoms with Crippen LogP contribution in [0.4, 0.5) is 5.69 Å². The Morgan fingerprint density at radius 3 is 3.08 bits per heavy atom. The first kappa shape index (κ1) is 8.69. The first-order chi connectivity index (χ1) is 5.40. The molecule has 0 spiro atoms. The topological polar surface area (TPSA) is 45.0 Å². The van der Waals surface area contributed by atoms with Gasteiger partial charge >= 0.3 is 0 Å². The normalized spacial score (nSPS) is 11.6. The van der Waals surface area contributed by atoms with Gasteiger partial charge in [-0.05, 0) is 12.1 Å². The average molecular weight is 183 g/mol. The number of fused-ring (bicyclic) bond motifs is 1. The zero-order chi connectivity index (χ0) is 7.68. The van der Waals surface area contributed by atoms with Gasteiger partial charge in [-0.3, -0.25) is 0 Å². The molecule has 62 valence electrons. The molecule has 12 heavy (non-hydrogen) atoms. The van der Waals surface area contributed by atoms with E-state index in [9.17, 15) is 0 Å². The van der Waals surface area contributed by atoms with Crippen molar-refractivity contribution < 1.29 is 4.74 Å². The minimum Gasteiger partial charge on any atom is -0.471 e. The third-order valence-corrected chi connectivity index (χ3v) is 1.60. The smallest absolute Gasteiger partial charge is 0.159 e. The molecule has 4 heteroatoms. The Morgan fingerprint density at radius 2 is 2.33 bits per heavy atom. The van der Waals surface area contributed by atoms with Crippen molar-refractivity contribution in [1.29, 1.82) is 5.26 Å². The number of ether oxygens (including phenoxy) is 1. The summed E-state index contributed by atoms with van der Waals surface area (Å²) >= 11 is 0. The van der Waals surface area contributed by atoms with Crippen molar-refractivity contribution in [3.8, 4) is 11.8 Å². The van der Waals surface area contributed by atoms with E-state index in [-0.39, 0.29) is 12.4 Å². The molecule has 0 aromatic heterocycles. The highest BCUT2D eigenvalue weighted by molar-refractivity contribution is 5.85. The van der Waals surface area contributed by atoms with Crippen LogP contribution in [0.1, 0.15) is 5.56 Å². The molecule has 1 aromatic rings. The summed E-state index contributed by atoms with van der Waals surface area (Å²) in [5, 5.41) is 11.6. The second kappa shape index (κ2) is 3.33. The molecule has 2 rings (SSSR count). The molecular formula is C8H7ClN2O. The van der Waals surface area contributed by atoms with Gasteiger partial charge < -0.3 is 10.1 Å². The standard InChI is InChI=1S/C8H6N2O.ClH/c9-4-6-1-2-7-8(3-6)11-5-10-7;/h1-3,10H,5H2;1H. The lowest BCUT2D eigenvalue weighted by Gasteiger charge is -1.94. The van der Waals surface area contributed by atoms with Crippen LogP contribution in [0.25, 0.3) is 0 Å². The van der Waals surface area contributed by atoms with Gasteiger partial charge in [-0.15, -0.1) is 12.4 Å². The van der Waals surface area contributed by atoms with Crippen molar-refractivity contribution in [2.75, 3.05) is 12.0 Å². The van der Waals surface area contributed by atoms with Crippen LogP contribution in [-0.4, -0.2) is 6.73 Å². The maximum atomic E-state index is 8.54. The molecule has 3 nitrogen and oxygen atoms in total. The van der Waals surface area contributed by atoms with Gasteiger partial charge in [-0.1, -0.05) is 0 Å². The molecule has 1 aromatic carbocycles. The molecule has 1 N–H and O–H groups in total. The number of nitriles is 1. The molecule has 1 aliphatic heterocycles. The predicted molar refractivity (Wildman–Crippen MR) is 47.5 cm³/mol. The van der Waals surface area contributed by atoms with E-state index in [4.69, 9.17) is 10.00 Å². The van der Waals surface area contributed by atoms with Crippen molar-refractivity contribution >= 4 is 18.1 Å². The molecule has 0 saturated carbocycles. The van der Waals surface area contributed by atoms with Crippen molar-refractivity contribution in [3.05, 3.63) is 23.8 Å². The zero-order valence-corrected chi connectivity index (χ0v) is 7.02. The molecule has 1 heterocycles. The first-order valence-corrected chi connectivity index (χ1v) is 3.31. The molecule has 1 aliphatic rings. The summed E-state index contributed by atoms with van der Waals surface area (Å²) in [6.07, 6.45) is 0. The van der Waals surface area contributed by atoms with E-state index in [1.165, 1.54) is 0 Å². The SMILES string of the molecule is Cl.N#Cc1ccc2c(c1)OCN2. The lowest BCUT2D eigenvalue weighted by Crippen LogP contribution is -1.96. The van der Waals surface area contributed by atoms with E-state index in [0.29, 0.717) is 12.3 Å². The molecule has 0 aliphatic carbocycles. The Kier molecular flexibility index (Phi) is 2.41. The van der Waals surface area contributed by atoms with Gasteiger partial charge in [0.05, 0.1) is 17.3 Å². The van der Waals surface area contributed by atoms with Crippen LogP contribution in [0.15, 0.2) is 18.2 Å². The number of rotatable bonds is 0. The summed E-state index contributed by atoms with van der Waals surface area (Å²) in [7, 11) is 0. The van der Waals surface area contributed by atoms with Gasteiger partial charge in [0.15, 0.2) is 6.73 Å². The van der Waals surface area contributed by atoms with Crippen molar-refractivity contribution in [2.45, 2.75) is 0 Å². The maximum Gasteiger partial charge on any atom is 0.159 e. The number of benzene rings is 1. The number of hydrogen-bond acceptors (Lipinski definition) is 3. The number of halogens is 1. The van der Waals surface area contributed by atoms with E-state index in [2.05, 4.69) is 5.32 Å². The van der Waals surface area contributed by atoms with Crippen LogP contribution in [-0.2, 0) is 0 Å². The van der Waals surface area contributed by atoms with Gasteiger partial charge in [-0.2, -0.15) is 5.26 Å². The molecular weight excluding hydrogens is 176 g/mol. The van der Waals surface area contributed by atoms with Crippen LogP contribution in [0.5, 0.6) is 5.75 Å². The Morgan fingerprint density at radius 1 is 1.50 bits per heavy atom. The Labute approximate surface area is 76.4 Å². The Bertz CT molecular complexity index is 332. The highest BCUT2D eigenvalue weighted by Gasteiger charge is 2.10. The summed E-state index contributed by atoms with van der Waals surface area (Å²) in [4.78, 5) is 0. The second-order valence-corrected chi connectivity index (χ2v) is 2.29. The fraction of sp³-hybridized carbons (Fsp3) is 0.125. The zero-order valence-electron chi connectivity index (χ0n) is 6.20. The third-order valence-electron chi connectivity index (χ3n) is 1.60. The summed E-state index contributed by atoms with van der Waals surface area (Å²) < 4.78 is 5.18. The largest absolute Gasteiger partial charge is 0.471 e. The first-order valence-electron chi connectivity index (χ1n) is 3.31. The minimum atomic E-state index is 0. The van der Waals surface area contributed by atoms with Crippen LogP contribution in [0.3, 0.4) is 0 Å². The highest BCUT2D eigenvalue weighted by atomic mass is 35.5. The molecule has 0 bridgehead atoms. The van der Waals surface area contributed by atoms with Gasteiger partial charge in [0.25, 0.3) is 0 Å². The van der Waals surface area contributed by atoms with Crippen molar-refractivity contribution in [3.63, 3.8) is 0 Å². The van der Waals surface area contributed by atoms with Gasteiger partial charge in [0.2, 0.25) is 0 Å². The Hall–Kier alpha value is -1.40. The number of nitrogens with one attached hydrogen (secondary N) is 1. The Balaban J connectivity index is 0.000000720. The summed E-state index contributed by atoms with van der Waals surface area (Å²) in [5.41, 5.74) is 1.59. The minimum absolute atomic E-state index is 0. The molecule has 0 saturated heterocycles. The summed E-state index contributed by atoms with van der Waals surface area (Å²) in [6, 6.07) is 7.39. The van der Waals surface area contributed by atoms with Crippen LogP contribution in [0, 0.1) is 11.3 Å². The summed E-state index contributed by atoms with van der Waals surface area (Å²) in [5.74, 6) is 0.768. The van der Waals surface area contributed by atoms with Gasteiger partial charge in [0, 0.05) is 6.07 Å². The average Bonchev–Trinajstić information content (AvgIpc) is 2.50. The molecule has 0 amide bonds. The van der Waals surface area contributed by atoms with E-state index in [0.717, 1.165) is 11.4 Å². The van der Waals surface area contributed by atoms with Crippen LogP contribution < -0.4 is 10.1 Å². The molecule has 0 fully saturated rings. The molecule has 0 unspecified atom stereocenters. The fourth-order valence-electron chi connectivity index (χ4n) is 1.05. The number of nitrogens with zero attached hydrogens (tertiary/aromatic N) is 1. The fourth-order valence-corrected chi connectivity index (χ4v) is 1.05. The van der Waals surface area contributed by atoms with Crippen molar-refractivity contribution in [2.24, 2.45) is 0 Å². The number of anilines is 1. The quantitative estimate of drug-likeness (QED) is 0.665. The van der Waals surface area contributed by atoms with Gasteiger partial charge in [-0.25, -0.2) is 0 Å². The van der Waals surface area contributed by atoms with E-state index in [1.807, 2.05) is 12.1 Å². The van der Waals surface area contributed by atoms with E-state index >= 15 is 0 Å². The lowest BCUT2D eigenvalue weighted by atomic mass is 10.2. The monoisotopic (exact) mass is 182 g/mol. The van der Waals surface area contributed by atoms with Crippen LogP contribution >= 0.6 is 12.4 Å². The predicted octanol–water partition coefficient (Wildman–Crippen LogP) is 1.74. The lowest BCUT2D eigenvalue weighted by molar-refractivity contribution is 0.372. The van der Waals surface area contributed by atoms with E-state index < -0.39 is 0 Å². The summed E-state index contributed by atoms with van der Waals surface area (Å²) in [6.45, 7) is 0.504. The van der Waals surface area contributed by atoms with Gasteiger partial charge in [0.1, 0.15) is 5.75 Å². The van der Waals surface area contributed by atoms with E-state index in [1.54, 1.807) is 12.1 Å². The highest BCUT2D eigenvalue weighted by Crippen LogP contribution is 2.29. The third kappa shape index (κ3) is 1.29. The second-order valence-electron chi connectivity index (χ2n) is 2.29. The van der Waals surface area contributed by atoms with Crippen LogP contribution in [0.2, 0.25) is 0 Å². The molecule has 0 atom stereocenters. The molecule has 0 radical (unpaired) electrons. The van der Waals surface area contributed by atoms with Crippen molar-refractivity contribution in [1.82, 2.24) is 0 Å². The maximum absolute atomic E-state index is 8.54. The number of hydrogen-bond donors (Lipinski definition) is 1.